The summed E-state index contributed by atoms with van der Waals surface area (Å²) in [7, 11) is -3.56. The second kappa shape index (κ2) is 8.86. The van der Waals surface area contributed by atoms with E-state index in [1.807, 2.05) is 13.8 Å². The van der Waals surface area contributed by atoms with Crippen LogP contribution in [0.3, 0.4) is 0 Å². The minimum Gasteiger partial charge on any atom is -0.491 e. The van der Waals surface area contributed by atoms with Crippen LogP contribution < -0.4 is 4.74 Å². The zero-order chi connectivity index (χ0) is 17.4. The topological polar surface area (TPSA) is 69.0 Å². The van der Waals surface area contributed by atoms with Crippen LogP contribution in [0.15, 0.2) is 52.2 Å². The van der Waals surface area contributed by atoms with E-state index in [1.54, 1.807) is 36.6 Å². The molecule has 2 aromatic rings. The molecular weight excluding hydrogens is 330 g/mol. The molecule has 7 heteroatoms. The maximum absolute atomic E-state index is 12.7. The molecule has 2 rings (SSSR count). The Kier molecular flexibility index (Phi) is 6.84. The summed E-state index contributed by atoms with van der Waals surface area (Å²) in [6, 6.07) is 8.19. The van der Waals surface area contributed by atoms with Gasteiger partial charge in [-0.3, -0.25) is 0 Å². The van der Waals surface area contributed by atoms with Crippen molar-refractivity contribution in [3.8, 4) is 5.75 Å². The lowest BCUT2D eigenvalue weighted by Crippen LogP contribution is -2.30. The summed E-state index contributed by atoms with van der Waals surface area (Å²) < 4.78 is 42.6. The number of nitrogens with zero attached hydrogens (tertiary/aromatic N) is 1. The Morgan fingerprint density at radius 1 is 1.08 bits per heavy atom. The second-order valence-corrected chi connectivity index (χ2v) is 7.02. The van der Waals surface area contributed by atoms with Crippen molar-refractivity contribution in [1.29, 1.82) is 0 Å². The average Bonchev–Trinajstić information content (AvgIpc) is 3.10. The van der Waals surface area contributed by atoms with Crippen LogP contribution in [0, 0.1) is 0 Å². The molecule has 0 N–H and O–H groups in total. The maximum Gasteiger partial charge on any atom is 0.243 e. The molecule has 0 saturated heterocycles. The highest BCUT2D eigenvalue weighted by molar-refractivity contribution is 7.89. The van der Waals surface area contributed by atoms with Gasteiger partial charge in [0.25, 0.3) is 0 Å². The van der Waals surface area contributed by atoms with Crippen LogP contribution in [0.4, 0.5) is 0 Å². The van der Waals surface area contributed by atoms with E-state index in [4.69, 9.17) is 13.9 Å². The normalized spacial score (nSPS) is 11.8. The molecule has 24 heavy (non-hydrogen) atoms. The first-order valence-corrected chi connectivity index (χ1v) is 9.33. The zero-order valence-corrected chi connectivity index (χ0v) is 14.8. The van der Waals surface area contributed by atoms with Crippen LogP contribution in [0.1, 0.15) is 19.4 Å². The molecule has 0 aliphatic rings. The van der Waals surface area contributed by atoms with E-state index in [0.29, 0.717) is 32.1 Å². The standard InChI is InChI=1S/C17H23NO5S/c1-3-18(13-15-9-10-22-14-15)24(19,20)17-7-5-16(6-8-17)23-12-11-21-4-2/h5-10,14H,3-4,11-13H2,1-2H3. The molecular formula is C17H23NO5S. The molecule has 0 fully saturated rings. The van der Waals surface area contributed by atoms with Crippen molar-refractivity contribution in [1.82, 2.24) is 4.31 Å². The van der Waals surface area contributed by atoms with Gasteiger partial charge in [0.2, 0.25) is 10.0 Å². The summed E-state index contributed by atoms with van der Waals surface area (Å²) in [5.41, 5.74) is 0.816. The fourth-order valence-corrected chi connectivity index (χ4v) is 3.61. The van der Waals surface area contributed by atoms with Gasteiger partial charge in [-0.1, -0.05) is 6.92 Å². The van der Waals surface area contributed by atoms with E-state index in [9.17, 15) is 8.42 Å². The van der Waals surface area contributed by atoms with E-state index < -0.39 is 10.0 Å². The molecule has 0 bridgehead atoms. The van der Waals surface area contributed by atoms with Gasteiger partial charge in [-0.2, -0.15) is 4.31 Å². The van der Waals surface area contributed by atoms with Crippen molar-refractivity contribution in [2.24, 2.45) is 0 Å². The van der Waals surface area contributed by atoms with Crippen LogP contribution >= 0.6 is 0 Å². The molecule has 0 radical (unpaired) electrons. The van der Waals surface area contributed by atoms with Crippen LogP contribution in [0.2, 0.25) is 0 Å². The van der Waals surface area contributed by atoms with Crippen molar-refractivity contribution in [2.75, 3.05) is 26.4 Å². The first-order valence-electron chi connectivity index (χ1n) is 7.89. The number of hydrogen-bond donors (Lipinski definition) is 0. The Balaban J connectivity index is 2.04. The van der Waals surface area contributed by atoms with E-state index in [-0.39, 0.29) is 11.4 Å². The Morgan fingerprint density at radius 3 is 2.42 bits per heavy atom. The average molecular weight is 353 g/mol. The largest absolute Gasteiger partial charge is 0.491 e. The molecule has 0 spiro atoms. The highest BCUT2D eigenvalue weighted by Gasteiger charge is 2.23. The van der Waals surface area contributed by atoms with Crippen molar-refractivity contribution < 1.29 is 22.3 Å². The van der Waals surface area contributed by atoms with Gasteiger partial charge in [0.1, 0.15) is 12.4 Å². The van der Waals surface area contributed by atoms with Crippen LogP contribution in [0.5, 0.6) is 5.75 Å². The first kappa shape index (κ1) is 18.5. The fraction of sp³-hybridized carbons (Fsp3) is 0.412. The lowest BCUT2D eigenvalue weighted by molar-refractivity contribution is 0.110. The number of sulfonamides is 1. The molecule has 1 heterocycles. The van der Waals surface area contributed by atoms with E-state index in [1.165, 1.54) is 10.6 Å². The molecule has 0 amide bonds. The summed E-state index contributed by atoms with van der Waals surface area (Å²) in [6.07, 6.45) is 3.08. The lowest BCUT2D eigenvalue weighted by Gasteiger charge is -2.20. The number of furan rings is 1. The number of hydrogen-bond acceptors (Lipinski definition) is 5. The number of ether oxygens (including phenoxy) is 2. The summed E-state index contributed by atoms with van der Waals surface area (Å²) in [5.74, 6) is 0.617. The third kappa shape index (κ3) is 4.83. The molecule has 0 aliphatic heterocycles. The molecule has 132 valence electrons. The van der Waals surface area contributed by atoms with Gasteiger partial charge in [-0.25, -0.2) is 8.42 Å². The van der Waals surface area contributed by atoms with E-state index in [0.717, 1.165) is 5.56 Å². The summed E-state index contributed by atoms with van der Waals surface area (Å²) in [4.78, 5) is 0.241. The third-order valence-corrected chi connectivity index (χ3v) is 5.39. The number of benzene rings is 1. The zero-order valence-electron chi connectivity index (χ0n) is 14.0. The lowest BCUT2D eigenvalue weighted by atomic mass is 10.3. The second-order valence-electron chi connectivity index (χ2n) is 5.08. The van der Waals surface area contributed by atoms with Gasteiger partial charge >= 0.3 is 0 Å². The predicted octanol–water partition coefficient (Wildman–Crippen LogP) is 2.91. The van der Waals surface area contributed by atoms with Crippen LogP contribution in [-0.4, -0.2) is 39.1 Å². The Hall–Kier alpha value is -1.83. The molecule has 1 aromatic carbocycles. The number of rotatable bonds is 10. The van der Waals surface area contributed by atoms with Crippen molar-refractivity contribution in [3.63, 3.8) is 0 Å². The smallest absolute Gasteiger partial charge is 0.243 e. The summed E-state index contributed by atoms with van der Waals surface area (Å²) in [6.45, 7) is 5.96. The van der Waals surface area contributed by atoms with Gasteiger partial charge in [0.05, 0.1) is 24.0 Å². The molecule has 1 aromatic heterocycles. The Bertz CT molecular complexity index is 695. The third-order valence-electron chi connectivity index (χ3n) is 3.45. The van der Waals surface area contributed by atoms with Crippen molar-refractivity contribution in [3.05, 3.63) is 48.4 Å². The summed E-state index contributed by atoms with van der Waals surface area (Å²) >= 11 is 0. The first-order chi connectivity index (χ1) is 11.6. The predicted molar refractivity (Wildman–Crippen MR) is 90.4 cm³/mol. The molecule has 0 aliphatic carbocycles. The Morgan fingerprint density at radius 2 is 1.83 bits per heavy atom. The molecule has 0 saturated carbocycles. The van der Waals surface area contributed by atoms with Gasteiger partial charge in [-0.05, 0) is 37.3 Å². The molecule has 0 unspecified atom stereocenters. The van der Waals surface area contributed by atoms with E-state index >= 15 is 0 Å². The van der Waals surface area contributed by atoms with Gasteiger partial charge in [0.15, 0.2) is 0 Å². The summed E-state index contributed by atoms with van der Waals surface area (Å²) in [5, 5.41) is 0. The highest BCUT2D eigenvalue weighted by atomic mass is 32.2. The van der Waals surface area contributed by atoms with E-state index in [2.05, 4.69) is 0 Å². The fourth-order valence-electron chi connectivity index (χ4n) is 2.17. The van der Waals surface area contributed by atoms with Gasteiger partial charge in [0, 0.05) is 25.3 Å². The SMILES string of the molecule is CCOCCOc1ccc(S(=O)(=O)N(CC)Cc2ccoc2)cc1. The van der Waals surface area contributed by atoms with Crippen molar-refractivity contribution in [2.45, 2.75) is 25.3 Å². The molecule has 0 atom stereocenters. The maximum atomic E-state index is 12.7. The highest BCUT2D eigenvalue weighted by Crippen LogP contribution is 2.21. The molecule has 6 nitrogen and oxygen atoms in total. The van der Waals surface area contributed by atoms with Crippen LogP contribution in [0.25, 0.3) is 0 Å². The minimum atomic E-state index is -3.56. The quantitative estimate of drug-likeness (QED) is 0.614. The Labute approximate surface area is 143 Å². The monoisotopic (exact) mass is 353 g/mol. The van der Waals surface area contributed by atoms with Crippen LogP contribution in [-0.2, 0) is 21.3 Å². The van der Waals surface area contributed by atoms with Gasteiger partial charge in [-0.15, -0.1) is 0 Å². The minimum absolute atomic E-state index is 0.241. The van der Waals surface area contributed by atoms with Crippen molar-refractivity contribution >= 4 is 10.0 Å². The van der Waals surface area contributed by atoms with Gasteiger partial charge < -0.3 is 13.9 Å².